The van der Waals surface area contributed by atoms with Gasteiger partial charge in [-0.05, 0) is 44.0 Å². The van der Waals surface area contributed by atoms with E-state index < -0.39 is 0 Å². The Morgan fingerprint density at radius 3 is 2.75 bits per heavy atom. The third kappa shape index (κ3) is 4.47. The van der Waals surface area contributed by atoms with Crippen LogP contribution < -0.4 is 5.73 Å². The van der Waals surface area contributed by atoms with E-state index in [1.807, 2.05) is 13.8 Å². The molecule has 0 fully saturated rings. The Morgan fingerprint density at radius 2 is 2.12 bits per heavy atom. The Bertz CT molecular complexity index is 344. The van der Waals surface area contributed by atoms with Gasteiger partial charge in [0.2, 0.25) is 0 Å². The standard InChI is InChI=1S/C12H17ClFNO/c1-8(2)16-7-11(15)6-9-5-10(13)3-4-12(9)14/h3-5,8,11H,6-7,15H2,1-2H3. The van der Waals surface area contributed by atoms with Gasteiger partial charge >= 0.3 is 0 Å². The summed E-state index contributed by atoms with van der Waals surface area (Å²) in [5.74, 6) is -0.274. The largest absolute Gasteiger partial charge is 0.377 e. The first kappa shape index (κ1) is 13.4. The summed E-state index contributed by atoms with van der Waals surface area (Å²) in [5.41, 5.74) is 6.37. The highest BCUT2D eigenvalue weighted by Gasteiger charge is 2.09. The smallest absolute Gasteiger partial charge is 0.126 e. The molecule has 0 aliphatic rings. The Balaban J connectivity index is 2.55. The SMILES string of the molecule is CC(C)OCC(N)Cc1cc(Cl)ccc1F. The molecule has 0 saturated heterocycles. The van der Waals surface area contributed by atoms with E-state index in [-0.39, 0.29) is 18.0 Å². The molecule has 0 saturated carbocycles. The molecule has 0 spiro atoms. The topological polar surface area (TPSA) is 35.2 Å². The van der Waals surface area contributed by atoms with Crippen LogP contribution in [-0.2, 0) is 11.2 Å². The fourth-order valence-electron chi connectivity index (χ4n) is 1.36. The quantitative estimate of drug-likeness (QED) is 0.866. The van der Waals surface area contributed by atoms with Crippen molar-refractivity contribution in [2.75, 3.05) is 6.61 Å². The molecule has 0 aromatic heterocycles. The second-order valence-corrected chi connectivity index (χ2v) is 4.52. The van der Waals surface area contributed by atoms with Gasteiger partial charge in [-0.3, -0.25) is 0 Å². The number of hydrogen-bond donors (Lipinski definition) is 1. The van der Waals surface area contributed by atoms with E-state index in [1.54, 1.807) is 6.07 Å². The summed E-state index contributed by atoms with van der Waals surface area (Å²) in [6.07, 6.45) is 0.564. The van der Waals surface area contributed by atoms with E-state index in [9.17, 15) is 4.39 Å². The highest BCUT2D eigenvalue weighted by atomic mass is 35.5. The van der Waals surface area contributed by atoms with Crippen molar-refractivity contribution in [3.63, 3.8) is 0 Å². The molecular formula is C12H17ClFNO. The monoisotopic (exact) mass is 245 g/mol. The number of halogens is 2. The van der Waals surface area contributed by atoms with Gasteiger partial charge in [0.1, 0.15) is 5.82 Å². The Kier molecular flexibility index (Phi) is 5.19. The maximum atomic E-state index is 13.4. The van der Waals surface area contributed by atoms with Gasteiger partial charge in [0, 0.05) is 11.1 Å². The maximum Gasteiger partial charge on any atom is 0.126 e. The summed E-state index contributed by atoms with van der Waals surface area (Å²) in [4.78, 5) is 0. The molecule has 0 aliphatic carbocycles. The van der Waals surface area contributed by atoms with Gasteiger partial charge in [-0.25, -0.2) is 4.39 Å². The minimum Gasteiger partial charge on any atom is -0.377 e. The third-order valence-electron chi connectivity index (χ3n) is 2.13. The molecule has 0 radical (unpaired) electrons. The van der Waals surface area contributed by atoms with Crippen LogP contribution in [0, 0.1) is 5.82 Å². The number of ether oxygens (including phenoxy) is 1. The first-order valence-electron chi connectivity index (χ1n) is 5.30. The molecule has 90 valence electrons. The first-order valence-corrected chi connectivity index (χ1v) is 5.68. The van der Waals surface area contributed by atoms with E-state index >= 15 is 0 Å². The van der Waals surface area contributed by atoms with Gasteiger partial charge in [-0.2, -0.15) is 0 Å². The van der Waals surface area contributed by atoms with E-state index in [1.165, 1.54) is 12.1 Å². The summed E-state index contributed by atoms with van der Waals surface area (Å²) >= 11 is 5.79. The molecule has 2 N–H and O–H groups in total. The van der Waals surface area contributed by atoms with Crippen molar-refractivity contribution in [2.24, 2.45) is 5.73 Å². The Labute approximate surface area is 101 Å². The van der Waals surface area contributed by atoms with Crippen LogP contribution in [0.4, 0.5) is 4.39 Å². The van der Waals surface area contributed by atoms with Gasteiger partial charge in [0.25, 0.3) is 0 Å². The van der Waals surface area contributed by atoms with Gasteiger partial charge in [0.15, 0.2) is 0 Å². The van der Waals surface area contributed by atoms with Crippen LogP contribution in [0.2, 0.25) is 5.02 Å². The number of rotatable bonds is 5. The predicted molar refractivity (Wildman–Crippen MR) is 64.2 cm³/mol. The van der Waals surface area contributed by atoms with Crippen molar-refractivity contribution in [3.8, 4) is 0 Å². The molecule has 1 aromatic carbocycles. The normalized spacial score (nSPS) is 13.1. The average molecular weight is 246 g/mol. The highest BCUT2D eigenvalue weighted by molar-refractivity contribution is 6.30. The molecule has 16 heavy (non-hydrogen) atoms. The molecule has 0 amide bonds. The van der Waals surface area contributed by atoms with Crippen LogP contribution in [0.25, 0.3) is 0 Å². The second-order valence-electron chi connectivity index (χ2n) is 4.08. The van der Waals surface area contributed by atoms with E-state index in [0.717, 1.165) is 0 Å². The minimum atomic E-state index is -0.274. The highest BCUT2D eigenvalue weighted by Crippen LogP contribution is 2.16. The lowest BCUT2D eigenvalue weighted by atomic mass is 10.1. The number of benzene rings is 1. The van der Waals surface area contributed by atoms with Crippen molar-refractivity contribution in [3.05, 3.63) is 34.6 Å². The summed E-state index contributed by atoms with van der Waals surface area (Å²) in [5, 5.41) is 0.522. The molecule has 0 aliphatic heterocycles. The molecule has 1 rings (SSSR count). The summed E-state index contributed by atoms with van der Waals surface area (Å²) in [7, 11) is 0. The van der Waals surface area contributed by atoms with Crippen LogP contribution in [0.1, 0.15) is 19.4 Å². The van der Waals surface area contributed by atoms with Crippen molar-refractivity contribution in [2.45, 2.75) is 32.4 Å². The van der Waals surface area contributed by atoms with Gasteiger partial charge in [-0.1, -0.05) is 11.6 Å². The molecule has 1 unspecified atom stereocenters. The van der Waals surface area contributed by atoms with E-state index in [2.05, 4.69) is 0 Å². The summed E-state index contributed by atoms with van der Waals surface area (Å²) in [6, 6.07) is 4.27. The molecular weight excluding hydrogens is 229 g/mol. The lowest BCUT2D eigenvalue weighted by Gasteiger charge is -2.14. The first-order chi connectivity index (χ1) is 7.49. The zero-order chi connectivity index (χ0) is 12.1. The van der Waals surface area contributed by atoms with Crippen LogP contribution in [-0.4, -0.2) is 18.8 Å². The predicted octanol–water partition coefficient (Wildman–Crippen LogP) is 2.77. The molecule has 4 heteroatoms. The Hall–Kier alpha value is -0.640. The third-order valence-corrected chi connectivity index (χ3v) is 2.37. The number of hydrogen-bond acceptors (Lipinski definition) is 2. The average Bonchev–Trinajstić information content (AvgIpc) is 2.20. The molecule has 2 nitrogen and oxygen atoms in total. The molecule has 1 atom stereocenters. The fraction of sp³-hybridized carbons (Fsp3) is 0.500. The zero-order valence-electron chi connectivity index (χ0n) is 9.54. The van der Waals surface area contributed by atoms with Crippen LogP contribution >= 0.6 is 11.6 Å². The van der Waals surface area contributed by atoms with Gasteiger partial charge in [-0.15, -0.1) is 0 Å². The van der Waals surface area contributed by atoms with Crippen molar-refractivity contribution in [1.82, 2.24) is 0 Å². The van der Waals surface area contributed by atoms with E-state index in [4.69, 9.17) is 22.1 Å². The van der Waals surface area contributed by atoms with Crippen LogP contribution in [0.3, 0.4) is 0 Å². The van der Waals surface area contributed by atoms with Crippen molar-refractivity contribution < 1.29 is 9.13 Å². The molecule has 0 bridgehead atoms. The maximum absolute atomic E-state index is 13.4. The van der Waals surface area contributed by atoms with Crippen LogP contribution in [0.5, 0.6) is 0 Å². The van der Waals surface area contributed by atoms with Gasteiger partial charge < -0.3 is 10.5 Å². The second kappa shape index (κ2) is 6.18. The Morgan fingerprint density at radius 1 is 1.44 bits per heavy atom. The fourth-order valence-corrected chi connectivity index (χ4v) is 1.55. The van der Waals surface area contributed by atoms with Gasteiger partial charge in [0.05, 0.1) is 12.7 Å². The zero-order valence-corrected chi connectivity index (χ0v) is 10.3. The van der Waals surface area contributed by atoms with Crippen molar-refractivity contribution >= 4 is 11.6 Å². The summed E-state index contributed by atoms with van der Waals surface area (Å²) < 4.78 is 18.7. The summed E-state index contributed by atoms with van der Waals surface area (Å²) in [6.45, 7) is 4.29. The number of nitrogens with two attached hydrogens (primary N) is 1. The van der Waals surface area contributed by atoms with Crippen molar-refractivity contribution in [1.29, 1.82) is 0 Å². The lowest BCUT2D eigenvalue weighted by molar-refractivity contribution is 0.0683. The minimum absolute atomic E-state index is 0.134. The van der Waals surface area contributed by atoms with E-state index in [0.29, 0.717) is 23.6 Å². The van der Waals surface area contributed by atoms with Crippen LogP contribution in [0.15, 0.2) is 18.2 Å². The lowest BCUT2D eigenvalue weighted by Crippen LogP contribution is -2.30. The molecule has 1 aromatic rings. The molecule has 0 heterocycles.